The number of nitrogens with two attached hydrogens (primary N) is 1. The molecular weight excluding hydrogens is 586 g/mol. The van der Waals surface area contributed by atoms with Crippen molar-refractivity contribution in [3.05, 3.63) is 62.5 Å². The van der Waals surface area contributed by atoms with Gasteiger partial charge in [0.05, 0.1) is 34.7 Å². The van der Waals surface area contributed by atoms with Crippen LogP contribution in [-0.4, -0.2) is 84.2 Å². The van der Waals surface area contributed by atoms with Gasteiger partial charge in [-0.2, -0.15) is 0 Å². The van der Waals surface area contributed by atoms with Crippen molar-refractivity contribution in [2.45, 2.75) is 58.6 Å². The number of rotatable bonds is 14. The number of amides is 1. The zero-order valence-electron chi connectivity index (χ0n) is 24.9. The van der Waals surface area contributed by atoms with Crippen LogP contribution in [0.25, 0.3) is 0 Å². The van der Waals surface area contributed by atoms with Gasteiger partial charge in [0.25, 0.3) is 5.69 Å². The average molecular weight is 622 g/mol. The summed E-state index contributed by atoms with van der Waals surface area (Å²) >= 11 is 0. The van der Waals surface area contributed by atoms with E-state index in [0.717, 1.165) is 4.90 Å². The first kappa shape index (κ1) is 35.4. The van der Waals surface area contributed by atoms with E-state index in [0.29, 0.717) is 0 Å². The molecule has 0 aromatic heterocycles. The minimum Gasteiger partial charge on any atom is -0.480 e. The smallest absolute Gasteiger partial charge is 0.421 e. The number of allylic oxidation sites excluding steroid dienone is 2. The van der Waals surface area contributed by atoms with E-state index >= 15 is 0 Å². The highest BCUT2D eigenvalue weighted by Gasteiger charge is 2.43. The fourth-order valence-electron chi connectivity index (χ4n) is 4.26. The lowest BCUT2D eigenvalue weighted by Gasteiger charge is -2.36. The monoisotopic (exact) mass is 621 g/mol. The molecule has 0 saturated heterocycles. The van der Waals surface area contributed by atoms with E-state index in [2.05, 4.69) is 0 Å². The number of nitro groups is 1. The molecule has 44 heavy (non-hydrogen) atoms. The third kappa shape index (κ3) is 9.08. The third-order valence-electron chi connectivity index (χ3n) is 6.31. The van der Waals surface area contributed by atoms with E-state index in [1.165, 1.54) is 45.2 Å². The zero-order chi connectivity index (χ0) is 33.1. The molecule has 0 saturated carbocycles. The van der Waals surface area contributed by atoms with Crippen LogP contribution in [0.4, 0.5) is 10.5 Å². The summed E-state index contributed by atoms with van der Waals surface area (Å²) in [5.41, 5.74) is 4.76. The molecule has 16 nitrogen and oxygen atoms in total. The molecule has 16 heteroatoms. The number of carbonyl (C=O) groups is 5. The fraction of sp³-hybridized carbons (Fsp3) is 0.464. The van der Waals surface area contributed by atoms with Crippen molar-refractivity contribution < 1.29 is 57.7 Å². The molecule has 0 bridgehead atoms. The van der Waals surface area contributed by atoms with E-state index < -0.39 is 59.8 Å². The van der Waals surface area contributed by atoms with Crippen molar-refractivity contribution >= 4 is 35.7 Å². The topological polar surface area (TPSA) is 224 Å². The van der Waals surface area contributed by atoms with Gasteiger partial charge in [-0.25, -0.2) is 14.4 Å². The fourth-order valence-corrected chi connectivity index (χ4v) is 4.26. The normalized spacial score (nSPS) is 15.5. The van der Waals surface area contributed by atoms with Crippen LogP contribution in [0.3, 0.4) is 0 Å². The lowest BCUT2D eigenvalue weighted by Crippen LogP contribution is -2.39. The second-order valence-corrected chi connectivity index (χ2v) is 9.73. The first-order valence-corrected chi connectivity index (χ1v) is 13.3. The van der Waals surface area contributed by atoms with Crippen LogP contribution in [0.2, 0.25) is 0 Å². The van der Waals surface area contributed by atoms with Crippen molar-refractivity contribution in [3.63, 3.8) is 0 Å². The van der Waals surface area contributed by atoms with Gasteiger partial charge in [0.1, 0.15) is 12.6 Å². The van der Waals surface area contributed by atoms with E-state index in [9.17, 15) is 34.1 Å². The molecule has 0 aliphatic carbocycles. The van der Waals surface area contributed by atoms with E-state index in [1.807, 2.05) is 0 Å². The molecule has 1 heterocycles. The van der Waals surface area contributed by atoms with Gasteiger partial charge in [-0.05, 0) is 39.7 Å². The maximum Gasteiger partial charge on any atom is 0.421 e. The number of nitro benzene ring substituents is 1. The molecule has 3 N–H and O–H groups in total. The number of ether oxygens (including phenoxy) is 5. The maximum absolute atomic E-state index is 13.5. The zero-order valence-corrected chi connectivity index (χ0v) is 24.9. The SMILES string of the molecule is COCCOC(=O)C1=C(C)N(C(=O)OCOC(=O)CC[C@H](N)C(=O)O)C(C)=C(C(=O)OC(C)C)C1c1cccc([N+](=O)[O-])c1. The summed E-state index contributed by atoms with van der Waals surface area (Å²) in [6, 6.07) is 4.01. The molecule has 1 aliphatic heterocycles. The summed E-state index contributed by atoms with van der Waals surface area (Å²) < 4.78 is 25.6. The molecule has 240 valence electrons. The van der Waals surface area contributed by atoms with Crippen LogP contribution in [0.5, 0.6) is 0 Å². The number of aliphatic carboxylic acids is 1. The van der Waals surface area contributed by atoms with Gasteiger partial charge in [0.15, 0.2) is 0 Å². The van der Waals surface area contributed by atoms with Crippen LogP contribution in [0.1, 0.15) is 52.0 Å². The highest BCUT2D eigenvalue weighted by Crippen LogP contribution is 2.44. The van der Waals surface area contributed by atoms with Crippen LogP contribution < -0.4 is 5.73 Å². The number of benzene rings is 1. The molecule has 0 fully saturated rings. The molecule has 0 spiro atoms. The predicted molar refractivity (Wildman–Crippen MR) is 149 cm³/mol. The Kier molecular flexibility index (Phi) is 13.0. The van der Waals surface area contributed by atoms with Crippen molar-refractivity contribution in [1.29, 1.82) is 0 Å². The van der Waals surface area contributed by atoms with Crippen LogP contribution in [0, 0.1) is 10.1 Å². The summed E-state index contributed by atoms with van der Waals surface area (Å²) in [6.07, 6.45) is -2.34. The van der Waals surface area contributed by atoms with E-state index in [-0.39, 0.29) is 59.8 Å². The van der Waals surface area contributed by atoms with Crippen molar-refractivity contribution in [3.8, 4) is 0 Å². The molecule has 1 aliphatic rings. The predicted octanol–water partition coefficient (Wildman–Crippen LogP) is 2.51. The molecule has 2 rings (SSSR count). The highest BCUT2D eigenvalue weighted by atomic mass is 16.7. The first-order valence-electron chi connectivity index (χ1n) is 13.3. The van der Waals surface area contributed by atoms with E-state index in [4.69, 9.17) is 34.5 Å². The molecular formula is C28H35N3O13. The van der Waals surface area contributed by atoms with Crippen molar-refractivity contribution in [2.24, 2.45) is 5.73 Å². The standard InChI is InChI=1S/C28H35N3O13/c1-15(2)44-27(36)23-17(4)30(28(37)43-14-42-21(32)10-9-20(29)25(33)34)16(3)22(26(35)41-12-11-40-5)24(23)18-7-6-8-19(13-18)31(38)39/h6-8,13,15,20,24H,9-12,14,29H2,1-5H3,(H,33,34)/t20-,24?/m0/s1. The summed E-state index contributed by atoms with van der Waals surface area (Å²) in [5.74, 6) is -5.30. The lowest BCUT2D eigenvalue weighted by molar-refractivity contribution is -0.384. The number of methoxy groups -OCH3 is 1. The Morgan fingerprint density at radius 3 is 2.23 bits per heavy atom. The highest BCUT2D eigenvalue weighted by molar-refractivity contribution is 6.01. The Labute approximate surface area is 252 Å². The first-order chi connectivity index (χ1) is 20.7. The number of hydrogen-bond acceptors (Lipinski definition) is 13. The Morgan fingerprint density at radius 1 is 1.02 bits per heavy atom. The number of carboxylic acid groups (broad SMARTS) is 1. The third-order valence-corrected chi connectivity index (χ3v) is 6.31. The number of carboxylic acids is 1. The Morgan fingerprint density at radius 2 is 1.66 bits per heavy atom. The largest absolute Gasteiger partial charge is 0.480 e. The van der Waals surface area contributed by atoms with Crippen LogP contribution in [-0.2, 0) is 42.9 Å². The number of esters is 3. The van der Waals surface area contributed by atoms with Gasteiger partial charge < -0.3 is 34.5 Å². The Balaban J connectivity index is 2.56. The number of nitrogens with zero attached hydrogens (tertiary/aromatic N) is 2. The second kappa shape index (κ2) is 16.1. The van der Waals surface area contributed by atoms with Gasteiger partial charge >= 0.3 is 30.0 Å². The molecule has 1 aromatic carbocycles. The Bertz CT molecular complexity index is 1350. The van der Waals surface area contributed by atoms with Crippen molar-refractivity contribution in [2.75, 3.05) is 27.1 Å². The van der Waals surface area contributed by atoms with Gasteiger partial charge in [-0.15, -0.1) is 0 Å². The van der Waals surface area contributed by atoms with Crippen LogP contribution in [0.15, 0.2) is 46.8 Å². The maximum atomic E-state index is 13.5. The number of hydrogen-bond donors (Lipinski definition) is 2. The Hall–Kier alpha value is -4.83. The summed E-state index contributed by atoms with van der Waals surface area (Å²) in [4.78, 5) is 74.9. The van der Waals surface area contributed by atoms with Crippen LogP contribution >= 0.6 is 0 Å². The van der Waals surface area contributed by atoms with E-state index in [1.54, 1.807) is 13.8 Å². The lowest BCUT2D eigenvalue weighted by atomic mass is 9.79. The van der Waals surface area contributed by atoms with Gasteiger partial charge in [-0.1, -0.05) is 12.1 Å². The minimum atomic E-state index is -1.30. The number of carbonyl (C=O) groups excluding carboxylic acids is 4. The average Bonchev–Trinajstić information content (AvgIpc) is 2.95. The quantitative estimate of drug-likeness (QED) is 0.0760. The molecule has 1 amide bonds. The molecule has 0 radical (unpaired) electrons. The molecule has 1 unspecified atom stereocenters. The van der Waals surface area contributed by atoms with Gasteiger partial charge in [0.2, 0.25) is 6.79 Å². The molecule has 2 atom stereocenters. The van der Waals surface area contributed by atoms with Crippen molar-refractivity contribution in [1.82, 2.24) is 4.90 Å². The molecule has 1 aromatic rings. The summed E-state index contributed by atoms with van der Waals surface area (Å²) in [6.45, 7) is 4.90. The van der Waals surface area contributed by atoms with Gasteiger partial charge in [0, 0.05) is 37.1 Å². The summed E-state index contributed by atoms with van der Waals surface area (Å²) in [7, 11) is 1.39. The second-order valence-electron chi connectivity index (χ2n) is 9.73. The summed E-state index contributed by atoms with van der Waals surface area (Å²) in [5, 5.41) is 20.4. The number of non-ortho nitro benzene ring substituents is 1. The van der Waals surface area contributed by atoms with Gasteiger partial charge in [-0.3, -0.25) is 24.6 Å². The minimum absolute atomic E-state index is 0.0261.